The van der Waals surface area contributed by atoms with Gasteiger partial charge in [0.2, 0.25) is 5.91 Å². The summed E-state index contributed by atoms with van der Waals surface area (Å²) < 4.78 is 19.1. The SMILES string of the molecule is O=C(Nc1ccc(OC2CCCC2)cc1)C1CCCN(C(=O)c2ccc(F)cc2)C1. The van der Waals surface area contributed by atoms with Crippen molar-refractivity contribution in [1.29, 1.82) is 0 Å². The fourth-order valence-electron chi connectivity index (χ4n) is 4.21. The maximum Gasteiger partial charge on any atom is 0.253 e. The highest BCUT2D eigenvalue weighted by Gasteiger charge is 2.29. The molecule has 1 heterocycles. The first kappa shape index (κ1) is 20.4. The van der Waals surface area contributed by atoms with Gasteiger partial charge in [-0.3, -0.25) is 9.59 Å². The molecule has 0 spiro atoms. The number of nitrogens with zero attached hydrogens (tertiary/aromatic N) is 1. The lowest BCUT2D eigenvalue weighted by Crippen LogP contribution is -2.43. The molecule has 1 saturated carbocycles. The van der Waals surface area contributed by atoms with E-state index in [2.05, 4.69) is 5.32 Å². The molecule has 2 amide bonds. The standard InChI is InChI=1S/C24H27FN2O3/c25-19-9-7-17(8-10-19)24(29)27-15-3-4-18(16-27)23(28)26-20-11-13-22(14-12-20)30-21-5-1-2-6-21/h7-14,18,21H,1-6,15-16H2,(H,26,28). The van der Waals surface area contributed by atoms with Crippen molar-refractivity contribution >= 4 is 17.5 Å². The molecular formula is C24H27FN2O3. The molecule has 1 unspecified atom stereocenters. The van der Waals surface area contributed by atoms with E-state index in [-0.39, 0.29) is 23.5 Å². The van der Waals surface area contributed by atoms with Gasteiger partial charge in [0.1, 0.15) is 11.6 Å². The van der Waals surface area contributed by atoms with Gasteiger partial charge in [0, 0.05) is 24.3 Å². The van der Waals surface area contributed by atoms with Crippen molar-refractivity contribution in [2.45, 2.75) is 44.6 Å². The second kappa shape index (κ2) is 9.28. The molecule has 5 nitrogen and oxygen atoms in total. The number of carbonyl (C=O) groups is 2. The van der Waals surface area contributed by atoms with Crippen LogP contribution < -0.4 is 10.1 Å². The Hall–Kier alpha value is -2.89. The van der Waals surface area contributed by atoms with Crippen molar-refractivity contribution < 1.29 is 18.7 Å². The molecule has 4 rings (SSSR count). The molecule has 1 aliphatic heterocycles. The number of ether oxygens (including phenoxy) is 1. The highest BCUT2D eigenvalue weighted by molar-refractivity contribution is 5.96. The lowest BCUT2D eigenvalue weighted by Gasteiger charge is -2.32. The van der Waals surface area contributed by atoms with E-state index in [0.717, 1.165) is 37.1 Å². The number of carbonyl (C=O) groups excluding carboxylic acids is 2. The van der Waals surface area contributed by atoms with Crippen LogP contribution in [0.15, 0.2) is 48.5 Å². The highest BCUT2D eigenvalue weighted by atomic mass is 19.1. The Morgan fingerprint density at radius 3 is 2.33 bits per heavy atom. The van der Waals surface area contributed by atoms with Crippen LogP contribution in [0.25, 0.3) is 0 Å². The fourth-order valence-corrected chi connectivity index (χ4v) is 4.21. The Balaban J connectivity index is 1.32. The Bertz CT molecular complexity index is 876. The Morgan fingerprint density at radius 1 is 0.933 bits per heavy atom. The van der Waals surface area contributed by atoms with E-state index in [0.29, 0.717) is 24.8 Å². The molecule has 0 radical (unpaired) electrons. The van der Waals surface area contributed by atoms with Gasteiger partial charge >= 0.3 is 0 Å². The number of benzene rings is 2. The van der Waals surface area contributed by atoms with Crippen LogP contribution in [-0.2, 0) is 4.79 Å². The summed E-state index contributed by atoms with van der Waals surface area (Å²) in [6.45, 7) is 0.970. The summed E-state index contributed by atoms with van der Waals surface area (Å²) in [5, 5.41) is 2.96. The quantitative estimate of drug-likeness (QED) is 0.781. The number of rotatable bonds is 5. The van der Waals surface area contributed by atoms with Crippen molar-refractivity contribution in [3.63, 3.8) is 0 Å². The van der Waals surface area contributed by atoms with E-state index in [4.69, 9.17) is 4.74 Å². The Labute approximate surface area is 176 Å². The van der Waals surface area contributed by atoms with Gasteiger partial charge in [-0.15, -0.1) is 0 Å². The third kappa shape index (κ3) is 4.99. The average Bonchev–Trinajstić information content (AvgIpc) is 3.28. The first-order chi connectivity index (χ1) is 14.6. The molecule has 1 atom stereocenters. The second-order valence-electron chi connectivity index (χ2n) is 8.14. The van der Waals surface area contributed by atoms with E-state index in [1.807, 2.05) is 24.3 Å². The van der Waals surface area contributed by atoms with Crippen LogP contribution in [0, 0.1) is 11.7 Å². The number of piperidine rings is 1. The summed E-state index contributed by atoms with van der Waals surface area (Å²) in [4.78, 5) is 27.1. The molecule has 2 aromatic carbocycles. The highest BCUT2D eigenvalue weighted by Crippen LogP contribution is 2.26. The predicted octanol–water partition coefficient (Wildman–Crippen LogP) is 4.64. The lowest BCUT2D eigenvalue weighted by molar-refractivity contribution is -0.121. The molecule has 6 heteroatoms. The van der Waals surface area contributed by atoms with Gasteiger partial charge in [0.25, 0.3) is 5.91 Å². The molecule has 1 N–H and O–H groups in total. The van der Waals surface area contributed by atoms with E-state index in [9.17, 15) is 14.0 Å². The Kier molecular flexibility index (Phi) is 6.31. The summed E-state index contributed by atoms with van der Waals surface area (Å²) in [6.07, 6.45) is 6.46. The third-order valence-electron chi connectivity index (χ3n) is 5.90. The van der Waals surface area contributed by atoms with E-state index in [1.54, 1.807) is 4.90 Å². The minimum absolute atomic E-state index is 0.0870. The molecular weight excluding hydrogens is 383 g/mol. The van der Waals surface area contributed by atoms with Gasteiger partial charge in [-0.25, -0.2) is 4.39 Å². The minimum atomic E-state index is -0.373. The first-order valence-electron chi connectivity index (χ1n) is 10.7. The zero-order valence-corrected chi connectivity index (χ0v) is 17.0. The van der Waals surface area contributed by atoms with Crippen LogP contribution in [0.5, 0.6) is 5.75 Å². The van der Waals surface area contributed by atoms with Crippen molar-refractivity contribution in [2.75, 3.05) is 18.4 Å². The third-order valence-corrected chi connectivity index (χ3v) is 5.90. The van der Waals surface area contributed by atoms with Gasteiger partial charge in [0.15, 0.2) is 0 Å². The molecule has 1 aliphatic carbocycles. The largest absolute Gasteiger partial charge is 0.490 e. The van der Waals surface area contributed by atoms with E-state index < -0.39 is 0 Å². The van der Waals surface area contributed by atoms with Crippen molar-refractivity contribution in [2.24, 2.45) is 5.92 Å². The van der Waals surface area contributed by atoms with E-state index >= 15 is 0 Å². The number of halogens is 1. The molecule has 2 fully saturated rings. The Morgan fingerprint density at radius 2 is 1.63 bits per heavy atom. The predicted molar refractivity (Wildman–Crippen MR) is 113 cm³/mol. The maximum atomic E-state index is 13.1. The van der Waals surface area contributed by atoms with Gasteiger partial charge in [-0.05, 0) is 87.1 Å². The monoisotopic (exact) mass is 410 g/mol. The number of hydrogen-bond donors (Lipinski definition) is 1. The first-order valence-corrected chi connectivity index (χ1v) is 10.7. The van der Waals surface area contributed by atoms with Crippen LogP contribution in [0.1, 0.15) is 48.9 Å². The van der Waals surface area contributed by atoms with Crippen molar-refractivity contribution in [3.8, 4) is 5.75 Å². The zero-order valence-electron chi connectivity index (χ0n) is 17.0. The minimum Gasteiger partial charge on any atom is -0.490 e. The van der Waals surface area contributed by atoms with Crippen molar-refractivity contribution in [1.82, 2.24) is 4.90 Å². The molecule has 2 aliphatic rings. The van der Waals surface area contributed by atoms with Gasteiger partial charge in [-0.1, -0.05) is 0 Å². The molecule has 0 bridgehead atoms. The summed E-state index contributed by atoms with van der Waals surface area (Å²) in [6, 6.07) is 13.0. The van der Waals surface area contributed by atoms with Crippen LogP contribution in [0.4, 0.5) is 10.1 Å². The number of amides is 2. The zero-order chi connectivity index (χ0) is 20.9. The molecule has 30 heavy (non-hydrogen) atoms. The lowest BCUT2D eigenvalue weighted by atomic mass is 9.96. The molecule has 2 aromatic rings. The molecule has 158 valence electrons. The van der Waals surface area contributed by atoms with E-state index in [1.165, 1.54) is 37.1 Å². The molecule has 0 aromatic heterocycles. The summed E-state index contributed by atoms with van der Waals surface area (Å²) >= 11 is 0. The van der Waals surface area contributed by atoms with Crippen LogP contribution in [0.2, 0.25) is 0 Å². The van der Waals surface area contributed by atoms with Crippen LogP contribution in [0.3, 0.4) is 0 Å². The molecule has 1 saturated heterocycles. The van der Waals surface area contributed by atoms with Gasteiger partial charge in [-0.2, -0.15) is 0 Å². The summed E-state index contributed by atoms with van der Waals surface area (Å²) in [5.74, 6) is -0.0645. The second-order valence-corrected chi connectivity index (χ2v) is 8.14. The van der Waals surface area contributed by atoms with Crippen LogP contribution in [-0.4, -0.2) is 35.9 Å². The van der Waals surface area contributed by atoms with Gasteiger partial charge < -0.3 is 15.0 Å². The normalized spacial score (nSPS) is 19.5. The van der Waals surface area contributed by atoms with Crippen LogP contribution >= 0.6 is 0 Å². The smallest absolute Gasteiger partial charge is 0.253 e. The summed E-state index contributed by atoms with van der Waals surface area (Å²) in [7, 11) is 0. The number of likely N-dealkylation sites (tertiary alicyclic amines) is 1. The number of anilines is 1. The maximum absolute atomic E-state index is 13.1. The fraction of sp³-hybridized carbons (Fsp3) is 0.417. The number of nitrogens with one attached hydrogen (secondary N) is 1. The van der Waals surface area contributed by atoms with Crippen molar-refractivity contribution in [3.05, 3.63) is 59.9 Å². The average molecular weight is 410 g/mol. The summed E-state index contributed by atoms with van der Waals surface area (Å²) in [5.41, 5.74) is 1.16. The van der Waals surface area contributed by atoms with Gasteiger partial charge in [0.05, 0.1) is 12.0 Å². The number of hydrogen-bond acceptors (Lipinski definition) is 3. The topological polar surface area (TPSA) is 58.6 Å².